The third-order valence-electron chi connectivity index (χ3n) is 3.98. The van der Waals surface area contributed by atoms with Gasteiger partial charge >= 0.3 is 5.69 Å². The number of hydrogen-bond acceptors (Lipinski definition) is 6. The van der Waals surface area contributed by atoms with Crippen LogP contribution in [0.3, 0.4) is 0 Å². The average Bonchev–Trinajstić information content (AvgIpc) is 3.23. The summed E-state index contributed by atoms with van der Waals surface area (Å²) in [6.07, 6.45) is 2.59. The van der Waals surface area contributed by atoms with E-state index in [1.807, 2.05) is 0 Å². The first-order valence-electron chi connectivity index (χ1n) is 8.09. The predicted molar refractivity (Wildman–Crippen MR) is 97.5 cm³/mol. The van der Waals surface area contributed by atoms with Crippen LogP contribution in [0.15, 0.2) is 30.7 Å². The molecule has 146 valence electrons. The van der Waals surface area contributed by atoms with Crippen LogP contribution < -0.4 is 5.32 Å². The number of carbonyl (C=O) groups excluding carboxylic acids is 1. The van der Waals surface area contributed by atoms with Gasteiger partial charge in [-0.15, -0.1) is 5.10 Å². The second-order valence-electron chi connectivity index (χ2n) is 6.00. The minimum absolute atomic E-state index is 0.0495. The van der Waals surface area contributed by atoms with Crippen LogP contribution in [0.1, 0.15) is 24.2 Å². The summed E-state index contributed by atoms with van der Waals surface area (Å²) in [7, 11) is 0. The lowest BCUT2D eigenvalue weighted by Crippen LogP contribution is -2.24. The number of rotatable bonds is 6. The summed E-state index contributed by atoms with van der Waals surface area (Å²) in [4.78, 5) is 26.7. The van der Waals surface area contributed by atoms with Crippen LogP contribution in [0.25, 0.3) is 0 Å². The minimum Gasteiger partial charge on any atom is -0.291 e. The number of carbonyl (C=O) groups is 1. The van der Waals surface area contributed by atoms with E-state index in [-0.39, 0.29) is 28.9 Å². The molecule has 12 heteroatoms. The second kappa shape index (κ2) is 7.72. The summed E-state index contributed by atoms with van der Waals surface area (Å²) in [5.41, 5.74) is 0.681. The van der Waals surface area contributed by atoms with E-state index in [2.05, 4.69) is 20.5 Å². The van der Waals surface area contributed by atoms with Gasteiger partial charge in [-0.2, -0.15) is 5.10 Å². The maximum absolute atomic E-state index is 13.1. The molecule has 1 atom stereocenters. The van der Waals surface area contributed by atoms with Crippen molar-refractivity contribution in [3.05, 3.63) is 62.9 Å². The molecule has 0 aliphatic rings. The molecule has 0 aliphatic carbocycles. The molecular formula is C16H15ClFN7O3. The van der Waals surface area contributed by atoms with Gasteiger partial charge in [0.2, 0.25) is 5.95 Å². The monoisotopic (exact) mass is 407 g/mol. The maximum Gasteiger partial charge on any atom is 0.309 e. The number of benzene rings is 1. The molecule has 28 heavy (non-hydrogen) atoms. The SMILES string of the molecule is Cc1nn(C(C)C(=O)Nc2ncn(Cc3ccc(F)cc3Cl)n2)cc1[N+](=O)[O-]. The smallest absolute Gasteiger partial charge is 0.291 e. The van der Waals surface area contributed by atoms with Crippen molar-refractivity contribution < 1.29 is 14.1 Å². The molecule has 0 spiro atoms. The van der Waals surface area contributed by atoms with Gasteiger partial charge in [0, 0.05) is 5.02 Å². The Morgan fingerprint density at radius 2 is 2.18 bits per heavy atom. The van der Waals surface area contributed by atoms with Crippen LogP contribution in [-0.4, -0.2) is 35.4 Å². The van der Waals surface area contributed by atoms with E-state index in [1.165, 1.54) is 47.0 Å². The number of hydrogen-bond donors (Lipinski definition) is 1. The molecule has 0 bridgehead atoms. The predicted octanol–water partition coefficient (Wildman–Crippen LogP) is 2.73. The first-order valence-corrected chi connectivity index (χ1v) is 8.46. The number of aromatic nitrogens is 5. The number of halogens is 2. The molecule has 0 fully saturated rings. The summed E-state index contributed by atoms with van der Waals surface area (Å²) < 4.78 is 15.7. The fourth-order valence-corrected chi connectivity index (χ4v) is 2.66. The molecule has 2 heterocycles. The van der Waals surface area contributed by atoms with E-state index in [0.29, 0.717) is 5.56 Å². The minimum atomic E-state index is -0.814. The first kappa shape index (κ1) is 19.4. The zero-order valence-corrected chi connectivity index (χ0v) is 15.6. The topological polar surface area (TPSA) is 121 Å². The van der Waals surface area contributed by atoms with E-state index < -0.39 is 22.7 Å². The van der Waals surface area contributed by atoms with Crippen molar-refractivity contribution in [3.8, 4) is 0 Å². The van der Waals surface area contributed by atoms with Crippen LogP contribution in [0.2, 0.25) is 5.02 Å². The zero-order chi connectivity index (χ0) is 20.4. The Balaban J connectivity index is 1.68. The molecule has 2 aromatic heterocycles. The summed E-state index contributed by atoms with van der Waals surface area (Å²) in [5, 5.41) is 21.8. The normalized spacial score (nSPS) is 12.0. The van der Waals surface area contributed by atoms with Crippen LogP contribution in [0.4, 0.5) is 16.0 Å². The number of amides is 1. The van der Waals surface area contributed by atoms with E-state index >= 15 is 0 Å². The molecule has 1 unspecified atom stereocenters. The number of aryl methyl sites for hydroxylation is 1. The summed E-state index contributed by atoms with van der Waals surface area (Å²) in [5.74, 6) is -0.883. The number of nitro groups is 1. The van der Waals surface area contributed by atoms with Gasteiger partial charge in [-0.1, -0.05) is 17.7 Å². The molecule has 10 nitrogen and oxygen atoms in total. The maximum atomic E-state index is 13.1. The van der Waals surface area contributed by atoms with Gasteiger partial charge < -0.3 is 0 Å². The highest BCUT2D eigenvalue weighted by molar-refractivity contribution is 6.31. The quantitative estimate of drug-likeness (QED) is 0.495. The molecule has 3 aromatic rings. The number of anilines is 1. The fourth-order valence-electron chi connectivity index (χ4n) is 2.44. The fraction of sp³-hybridized carbons (Fsp3) is 0.250. The lowest BCUT2D eigenvalue weighted by atomic mass is 10.2. The highest BCUT2D eigenvalue weighted by Crippen LogP contribution is 2.20. The third-order valence-corrected chi connectivity index (χ3v) is 4.33. The standard InChI is InChI=1S/C16H15ClFN7O3/c1-9-14(25(27)28)7-24(21-9)10(2)15(26)20-16-19-8-23(22-16)6-11-3-4-12(18)5-13(11)17/h3-5,7-8,10H,6H2,1-2H3,(H,20,22,26). The lowest BCUT2D eigenvalue weighted by Gasteiger charge is -2.10. The van der Waals surface area contributed by atoms with Crippen molar-refractivity contribution >= 4 is 29.1 Å². The Kier molecular flexibility index (Phi) is 5.36. The Morgan fingerprint density at radius 1 is 1.43 bits per heavy atom. The highest BCUT2D eigenvalue weighted by Gasteiger charge is 2.23. The number of nitrogens with zero attached hydrogens (tertiary/aromatic N) is 6. The highest BCUT2D eigenvalue weighted by atomic mass is 35.5. The Morgan fingerprint density at radius 3 is 2.82 bits per heavy atom. The van der Waals surface area contributed by atoms with Crippen LogP contribution in [0.5, 0.6) is 0 Å². The van der Waals surface area contributed by atoms with E-state index in [4.69, 9.17) is 11.6 Å². The lowest BCUT2D eigenvalue weighted by molar-refractivity contribution is -0.385. The van der Waals surface area contributed by atoms with Crippen molar-refractivity contribution in [2.45, 2.75) is 26.4 Å². The molecule has 0 aliphatic heterocycles. The summed E-state index contributed by atoms with van der Waals surface area (Å²) in [6, 6.07) is 3.20. The molecular weight excluding hydrogens is 393 g/mol. The van der Waals surface area contributed by atoms with E-state index in [0.717, 1.165) is 0 Å². The van der Waals surface area contributed by atoms with Crippen molar-refractivity contribution in [1.29, 1.82) is 0 Å². The van der Waals surface area contributed by atoms with Crippen LogP contribution in [-0.2, 0) is 11.3 Å². The molecule has 1 amide bonds. The zero-order valence-electron chi connectivity index (χ0n) is 14.8. The molecule has 1 N–H and O–H groups in total. The molecule has 0 saturated heterocycles. The van der Waals surface area contributed by atoms with Crippen molar-refractivity contribution in [2.24, 2.45) is 0 Å². The van der Waals surface area contributed by atoms with Gasteiger partial charge in [-0.25, -0.2) is 14.1 Å². The van der Waals surface area contributed by atoms with Gasteiger partial charge in [0.1, 0.15) is 30.1 Å². The van der Waals surface area contributed by atoms with Crippen molar-refractivity contribution in [1.82, 2.24) is 24.5 Å². The van der Waals surface area contributed by atoms with Gasteiger partial charge in [0.15, 0.2) is 0 Å². The Bertz CT molecular complexity index is 1050. The molecule has 0 saturated carbocycles. The summed E-state index contributed by atoms with van der Waals surface area (Å²) >= 11 is 5.99. The van der Waals surface area contributed by atoms with E-state index in [1.54, 1.807) is 6.92 Å². The van der Waals surface area contributed by atoms with E-state index in [9.17, 15) is 19.3 Å². The third kappa shape index (κ3) is 4.14. The first-order chi connectivity index (χ1) is 13.2. The van der Waals surface area contributed by atoms with Gasteiger partial charge in [-0.05, 0) is 31.5 Å². The van der Waals surface area contributed by atoms with Gasteiger partial charge in [0.05, 0.1) is 11.5 Å². The number of nitrogens with one attached hydrogen (secondary N) is 1. The average molecular weight is 408 g/mol. The second-order valence-corrected chi connectivity index (χ2v) is 6.41. The largest absolute Gasteiger partial charge is 0.309 e. The van der Waals surface area contributed by atoms with Crippen LogP contribution in [0, 0.1) is 22.9 Å². The van der Waals surface area contributed by atoms with Crippen LogP contribution >= 0.6 is 11.6 Å². The molecule has 0 radical (unpaired) electrons. The molecule has 3 rings (SSSR count). The van der Waals surface area contributed by atoms with Gasteiger partial charge in [-0.3, -0.25) is 24.9 Å². The van der Waals surface area contributed by atoms with Gasteiger partial charge in [0.25, 0.3) is 5.91 Å². The van der Waals surface area contributed by atoms with Crippen molar-refractivity contribution in [3.63, 3.8) is 0 Å². The summed E-state index contributed by atoms with van der Waals surface area (Å²) in [6.45, 7) is 3.27. The van der Waals surface area contributed by atoms with Crippen molar-refractivity contribution in [2.75, 3.05) is 5.32 Å². The molecule has 1 aromatic carbocycles. The Hall–Kier alpha value is -3.34. The Labute approximate surface area is 163 Å².